The summed E-state index contributed by atoms with van der Waals surface area (Å²) in [4.78, 5) is 9.21. The first-order chi connectivity index (χ1) is 11.9. The van der Waals surface area contributed by atoms with Gasteiger partial charge in [0.15, 0.2) is 5.96 Å². The van der Waals surface area contributed by atoms with Crippen molar-refractivity contribution in [1.29, 1.82) is 0 Å². The van der Waals surface area contributed by atoms with Gasteiger partial charge < -0.3 is 15.5 Å². The van der Waals surface area contributed by atoms with E-state index in [1.54, 1.807) is 13.1 Å². The van der Waals surface area contributed by atoms with Crippen molar-refractivity contribution >= 4 is 53.1 Å². The van der Waals surface area contributed by atoms with Gasteiger partial charge in [-0.2, -0.15) is 0 Å². The lowest BCUT2D eigenvalue weighted by Crippen LogP contribution is -2.52. The molecule has 0 aromatic heterocycles. The molecule has 1 aromatic rings. The minimum atomic E-state index is 0. The third-order valence-corrected chi connectivity index (χ3v) is 5.29. The smallest absolute Gasteiger partial charge is 0.191 e. The van der Waals surface area contributed by atoms with Crippen molar-refractivity contribution in [2.45, 2.75) is 25.9 Å². The van der Waals surface area contributed by atoms with Crippen LogP contribution in [0.3, 0.4) is 0 Å². The van der Waals surface area contributed by atoms with Gasteiger partial charge in [-0.05, 0) is 38.6 Å². The van der Waals surface area contributed by atoms with Crippen LogP contribution in [-0.2, 0) is 0 Å². The second kappa shape index (κ2) is 11.5. The number of nitrogens with one attached hydrogen (secondary N) is 2. The summed E-state index contributed by atoms with van der Waals surface area (Å²) in [5, 5.41) is 8.12. The van der Waals surface area contributed by atoms with E-state index in [0.29, 0.717) is 16.1 Å². The third-order valence-electron chi connectivity index (χ3n) is 4.73. The summed E-state index contributed by atoms with van der Waals surface area (Å²) in [6.45, 7) is 9.65. The molecular formula is C18H30Cl2IN5. The molecule has 0 spiro atoms. The highest BCUT2D eigenvalue weighted by molar-refractivity contribution is 14.0. The number of piperazine rings is 1. The molecule has 1 fully saturated rings. The molecule has 0 bridgehead atoms. The van der Waals surface area contributed by atoms with Crippen molar-refractivity contribution in [3.05, 3.63) is 33.8 Å². The van der Waals surface area contributed by atoms with Crippen molar-refractivity contribution in [3.63, 3.8) is 0 Å². The molecule has 26 heavy (non-hydrogen) atoms. The van der Waals surface area contributed by atoms with Crippen LogP contribution in [-0.4, -0.2) is 68.6 Å². The van der Waals surface area contributed by atoms with Crippen LogP contribution in [0.15, 0.2) is 23.2 Å². The summed E-state index contributed by atoms with van der Waals surface area (Å²) in [7, 11) is 3.96. The molecule has 2 rings (SSSR count). The number of hydrogen-bond donors (Lipinski definition) is 2. The minimum Gasteiger partial charge on any atom is -0.355 e. The predicted molar refractivity (Wildman–Crippen MR) is 123 cm³/mol. The fourth-order valence-electron chi connectivity index (χ4n) is 2.97. The molecule has 148 valence electrons. The second-order valence-corrected chi connectivity index (χ2v) is 7.52. The summed E-state index contributed by atoms with van der Waals surface area (Å²) < 4.78 is 0. The van der Waals surface area contributed by atoms with Gasteiger partial charge in [-0.3, -0.25) is 9.89 Å². The van der Waals surface area contributed by atoms with Gasteiger partial charge in [0.25, 0.3) is 0 Å². The molecule has 1 saturated heterocycles. The highest BCUT2D eigenvalue weighted by Crippen LogP contribution is 2.25. The molecule has 8 heteroatoms. The molecule has 1 aromatic carbocycles. The summed E-state index contributed by atoms with van der Waals surface area (Å²) in [5.41, 5.74) is 1.00. The summed E-state index contributed by atoms with van der Waals surface area (Å²) in [6.07, 6.45) is 0. The van der Waals surface area contributed by atoms with Crippen LogP contribution >= 0.6 is 47.2 Å². The van der Waals surface area contributed by atoms with Gasteiger partial charge in [-0.15, -0.1) is 24.0 Å². The second-order valence-electron chi connectivity index (χ2n) is 6.67. The monoisotopic (exact) mass is 513 g/mol. The Labute approximate surface area is 184 Å². The number of guanidine groups is 1. The van der Waals surface area contributed by atoms with Crippen LogP contribution in [0.5, 0.6) is 0 Å². The molecule has 1 aliphatic rings. The van der Waals surface area contributed by atoms with E-state index >= 15 is 0 Å². The number of rotatable bonds is 5. The third kappa shape index (κ3) is 7.03. The maximum Gasteiger partial charge on any atom is 0.191 e. The van der Waals surface area contributed by atoms with Gasteiger partial charge in [0.05, 0.1) is 6.04 Å². The normalized spacial score (nSPS) is 18.8. The standard InChI is InChI=1S/C18H29Cl2N5.HI/c1-13(25-9-7-24(4)8-10-25)12-22-18(21-3)23-14(2)16-6-5-15(19)11-17(16)20;/h5-6,11,13-14H,7-10,12H2,1-4H3,(H2,21,22,23);1H. The van der Waals surface area contributed by atoms with E-state index < -0.39 is 0 Å². The Kier molecular flexibility index (Phi) is 10.5. The maximum absolute atomic E-state index is 6.30. The lowest BCUT2D eigenvalue weighted by atomic mass is 10.1. The van der Waals surface area contributed by atoms with E-state index in [0.717, 1.165) is 44.2 Å². The van der Waals surface area contributed by atoms with E-state index in [-0.39, 0.29) is 30.0 Å². The van der Waals surface area contributed by atoms with E-state index in [9.17, 15) is 0 Å². The van der Waals surface area contributed by atoms with Gasteiger partial charge in [0.1, 0.15) is 0 Å². The Morgan fingerprint density at radius 3 is 2.42 bits per heavy atom. The molecule has 2 N–H and O–H groups in total. The zero-order valence-corrected chi connectivity index (χ0v) is 19.8. The van der Waals surface area contributed by atoms with Crippen LogP contribution < -0.4 is 10.6 Å². The summed E-state index contributed by atoms with van der Waals surface area (Å²) >= 11 is 12.3. The Morgan fingerprint density at radius 1 is 1.19 bits per heavy atom. The van der Waals surface area contributed by atoms with Crippen LogP contribution in [0.1, 0.15) is 25.5 Å². The number of hydrogen-bond acceptors (Lipinski definition) is 3. The molecule has 0 amide bonds. The zero-order valence-electron chi connectivity index (χ0n) is 15.9. The highest BCUT2D eigenvalue weighted by Gasteiger charge is 2.19. The van der Waals surface area contributed by atoms with Crippen molar-refractivity contribution in [2.24, 2.45) is 4.99 Å². The zero-order chi connectivity index (χ0) is 18.4. The number of benzene rings is 1. The molecule has 0 saturated carbocycles. The van der Waals surface area contributed by atoms with E-state index in [1.165, 1.54) is 0 Å². The number of nitrogens with zero attached hydrogens (tertiary/aromatic N) is 3. The molecule has 2 atom stereocenters. The van der Waals surface area contributed by atoms with Gasteiger partial charge >= 0.3 is 0 Å². The van der Waals surface area contributed by atoms with Gasteiger partial charge in [0.2, 0.25) is 0 Å². The Bertz CT molecular complexity index is 591. The Hall–Kier alpha value is -0.280. The number of halogens is 3. The fraction of sp³-hybridized carbons (Fsp3) is 0.611. The topological polar surface area (TPSA) is 42.9 Å². The van der Waals surface area contributed by atoms with Gasteiger partial charge in [0, 0.05) is 55.9 Å². The molecule has 0 aliphatic carbocycles. The van der Waals surface area contributed by atoms with Crippen LogP contribution in [0.2, 0.25) is 10.0 Å². The van der Waals surface area contributed by atoms with Crippen molar-refractivity contribution in [1.82, 2.24) is 20.4 Å². The highest BCUT2D eigenvalue weighted by atomic mass is 127. The number of likely N-dealkylation sites (N-methyl/N-ethyl adjacent to an activating group) is 1. The van der Waals surface area contributed by atoms with Crippen LogP contribution in [0.25, 0.3) is 0 Å². The molecule has 1 heterocycles. The average Bonchev–Trinajstić information content (AvgIpc) is 2.58. The lowest BCUT2D eigenvalue weighted by Gasteiger charge is -2.36. The average molecular weight is 514 g/mol. The molecule has 2 unspecified atom stereocenters. The first-order valence-corrected chi connectivity index (χ1v) is 9.51. The summed E-state index contributed by atoms with van der Waals surface area (Å²) in [5.74, 6) is 0.777. The Balaban J connectivity index is 0.00000338. The van der Waals surface area contributed by atoms with Gasteiger partial charge in [-0.25, -0.2) is 0 Å². The lowest BCUT2D eigenvalue weighted by molar-refractivity contribution is 0.120. The Morgan fingerprint density at radius 2 is 1.85 bits per heavy atom. The van der Waals surface area contributed by atoms with Gasteiger partial charge in [-0.1, -0.05) is 29.3 Å². The first kappa shape index (κ1) is 23.8. The van der Waals surface area contributed by atoms with Crippen molar-refractivity contribution < 1.29 is 0 Å². The maximum atomic E-state index is 6.30. The van der Waals surface area contributed by atoms with Crippen molar-refractivity contribution in [3.8, 4) is 0 Å². The van der Waals surface area contributed by atoms with Crippen LogP contribution in [0, 0.1) is 0 Å². The van der Waals surface area contributed by atoms with E-state index in [4.69, 9.17) is 23.2 Å². The predicted octanol–water partition coefficient (Wildman–Crippen LogP) is 3.47. The summed E-state index contributed by atoms with van der Waals surface area (Å²) in [6, 6.07) is 6.06. The largest absolute Gasteiger partial charge is 0.355 e. The van der Waals surface area contributed by atoms with Crippen LogP contribution in [0.4, 0.5) is 0 Å². The molecule has 0 radical (unpaired) electrons. The molecule has 1 aliphatic heterocycles. The van der Waals surface area contributed by atoms with Crippen molar-refractivity contribution in [2.75, 3.05) is 46.8 Å². The van der Waals surface area contributed by atoms with E-state index in [1.807, 2.05) is 12.1 Å². The minimum absolute atomic E-state index is 0. The number of aliphatic imine (C=N–C) groups is 1. The molecule has 5 nitrogen and oxygen atoms in total. The quantitative estimate of drug-likeness (QED) is 0.359. The first-order valence-electron chi connectivity index (χ1n) is 8.75. The fourth-order valence-corrected chi connectivity index (χ4v) is 3.54. The molecular weight excluding hydrogens is 484 g/mol. The SMILES string of the molecule is CN=C(NCC(C)N1CCN(C)CC1)NC(C)c1ccc(Cl)cc1Cl.I. The van der Waals surface area contributed by atoms with E-state index in [2.05, 4.69) is 46.3 Å².